The highest BCUT2D eigenvalue weighted by atomic mass is 32.2. The van der Waals surface area contributed by atoms with Gasteiger partial charge in [-0.25, -0.2) is 4.98 Å². The number of fused-ring (bicyclic) bond motifs is 1. The Morgan fingerprint density at radius 2 is 2.53 bits per heavy atom. The highest BCUT2D eigenvalue weighted by molar-refractivity contribution is 7.99. The number of rotatable bonds is 2. The molecule has 2 aromatic heterocycles. The smallest absolute Gasteiger partial charge is 0.179 e. The molecule has 0 amide bonds. The van der Waals surface area contributed by atoms with Crippen LogP contribution in [0.2, 0.25) is 0 Å². The van der Waals surface area contributed by atoms with Crippen molar-refractivity contribution in [2.75, 3.05) is 11.5 Å². The summed E-state index contributed by atoms with van der Waals surface area (Å²) in [4.78, 5) is 7.75. The molecule has 3 heterocycles. The van der Waals surface area contributed by atoms with Gasteiger partial charge in [-0.15, -0.1) is 0 Å². The fraction of sp³-hybridized carbons (Fsp3) is 0.500. The molecule has 2 aromatic rings. The molecular formula is C12H15N3S2. The van der Waals surface area contributed by atoms with Crippen LogP contribution in [0.4, 0.5) is 0 Å². The summed E-state index contributed by atoms with van der Waals surface area (Å²) in [5.74, 6) is 3.28. The molecule has 1 N–H and O–H groups in total. The van der Waals surface area contributed by atoms with E-state index < -0.39 is 0 Å². The fourth-order valence-corrected chi connectivity index (χ4v) is 3.85. The number of hydrogen-bond acceptors (Lipinski definition) is 3. The number of thioether (sulfide) groups is 1. The Kier molecular flexibility index (Phi) is 2.96. The average molecular weight is 265 g/mol. The summed E-state index contributed by atoms with van der Waals surface area (Å²) in [5, 5.41) is 0. The van der Waals surface area contributed by atoms with Gasteiger partial charge in [0.25, 0.3) is 0 Å². The van der Waals surface area contributed by atoms with Gasteiger partial charge >= 0.3 is 0 Å². The molecule has 3 rings (SSSR count). The Balaban J connectivity index is 2.02. The number of imidazole rings is 1. The summed E-state index contributed by atoms with van der Waals surface area (Å²) in [6.45, 7) is 3.05. The Morgan fingerprint density at radius 3 is 3.29 bits per heavy atom. The highest BCUT2D eigenvalue weighted by Gasteiger charge is 2.17. The van der Waals surface area contributed by atoms with E-state index in [9.17, 15) is 0 Å². The number of aromatic nitrogens is 3. The number of H-pyrrole nitrogens is 1. The first kappa shape index (κ1) is 11.3. The van der Waals surface area contributed by atoms with Crippen molar-refractivity contribution in [1.82, 2.24) is 14.5 Å². The van der Waals surface area contributed by atoms with Crippen LogP contribution in [0.1, 0.15) is 12.0 Å². The van der Waals surface area contributed by atoms with Crippen molar-refractivity contribution < 1.29 is 0 Å². The molecule has 0 spiro atoms. The van der Waals surface area contributed by atoms with Gasteiger partial charge in [0, 0.05) is 12.7 Å². The van der Waals surface area contributed by atoms with Gasteiger partial charge in [-0.1, -0.05) is 0 Å². The zero-order chi connectivity index (χ0) is 11.8. The van der Waals surface area contributed by atoms with Gasteiger partial charge in [-0.3, -0.25) is 0 Å². The first-order chi connectivity index (χ1) is 8.24. The van der Waals surface area contributed by atoms with Crippen LogP contribution in [0.25, 0.3) is 11.2 Å². The van der Waals surface area contributed by atoms with Crippen molar-refractivity contribution in [2.24, 2.45) is 5.92 Å². The van der Waals surface area contributed by atoms with Gasteiger partial charge in [-0.05, 0) is 54.6 Å². The van der Waals surface area contributed by atoms with Crippen LogP contribution in [-0.2, 0) is 6.54 Å². The van der Waals surface area contributed by atoms with Gasteiger partial charge in [0.1, 0.15) is 0 Å². The molecule has 0 aliphatic carbocycles. The minimum atomic E-state index is 0.744. The number of pyridine rings is 1. The van der Waals surface area contributed by atoms with Gasteiger partial charge in [0.05, 0.1) is 5.52 Å². The third-order valence-electron chi connectivity index (χ3n) is 3.21. The topological polar surface area (TPSA) is 33.6 Å². The van der Waals surface area contributed by atoms with E-state index in [2.05, 4.69) is 20.6 Å². The van der Waals surface area contributed by atoms with Crippen LogP contribution in [-0.4, -0.2) is 26.0 Å². The number of nitrogens with zero attached hydrogens (tertiary/aromatic N) is 2. The molecule has 1 aliphatic rings. The number of aromatic amines is 1. The molecule has 0 aromatic carbocycles. The van der Waals surface area contributed by atoms with Crippen molar-refractivity contribution >= 4 is 35.1 Å². The predicted octanol–water partition coefficient (Wildman–Crippen LogP) is 3.16. The standard InChI is InChI=1S/C12H15N3S2/c1-8-4-10-11(13-5-8)15(12(16)14-10)6-9-2-3-17-7-9/h4-5,9H,2-3,6-7H2,1H3,(H,14,16). The molecule has 0 radical (unpaired) electrons. The maximum Gasteiger partial charge on any atom is 0.179 e. The average Bonchev–Trinajstić information content (AvgIpc) is 2.88. The Morgan fingerprint density at radius 1 is 1.65 bits per heavy atom. The zero-order valence-corrected chi connectivity index (χ0v) is 11.4. The highest BCUT2D eigenvalue weighted by Crippen LogP contribution is 2.26. The summed E-state index contributed by atoms with van der Waals surface area (Å²) in [7, 11) is 0. The molecule has 3 nitrogen and oxygen atoms in total. The number of nitrogens with one attached hydrogen (secondary N) is 1. The largest absolute Gasteiger partial charge is 0.329 e. The third-order valence-corrected chi connectivity index (χ3v) is 4.76. The summed E-state index contributed by atoms with van der Waals surface area (Å²) < 4.78 is 2.95. The van der Waals surface area contributed by atoms with Crippen molar-refractivity contribution in [3.63, 3.8) is 0 Å². The molecular weight excluding hydrogens is 250 g/mol. The summed E-state index contributed by atoms with van der Waals surface area (Å²) in [6, 6.07) is 2.11. The molecule has 5 heteroatoms. The lowest BCUT2D eigenvalue weighted by Crippen LogP contribution is -2.10. The van der Waals surface area contributed by atoms with Gasteiger partial charge in [-0.2, -0.15) is 11.8 Å². The third kappa shape index (κ3) is 2.13. The van der Waals surface area contributed by atoms with Crippen LogP contribution in [0.3, 0.4) is 0 Å². The Hall–Kier alpha value is -0.810. The molecule has 17 heavy (non-hydrogen) atoms. The van der Waals surface area contributed by atoms with E-state index in [0.29, 0.717) is 0 Å². The monoisotopic (exact) mass is 265 g/mol. The van der Waals surface area contributed by atoms with Crippen LogP contribution in [0, 0.1) is 17.6 Å². The van der Waals surface area contributed by atoms with Crippen LogP contribution in [0.5, 0.6) is 0 Å². The lowest BCUT2D eigenvalue weighted by atomic mass is 10.1. The summed E-state index contributed by atoms with van der Waals surface area (Å²) in [5.41, 5.74) is 3.22. The van der Waals surface area contributed by atoms with E-state index >= 15 is 0 Å². The first-order valence-electron chi connectivity index (χ1n) is 5.87. The van der Waals surface area contributed by atoms with Crippen molar-refractivity contribution in [3.8, 4) is 0 Å². The lowest BCUT2D eigenvalue weighted by molar-refractivity contribution is 0.496. The van der Waals surface area contributed by atoms with E-state index in [1.54, 1.807) is 0 Å². The molecule has 1 saturated heterocycles. The second kappa shape index (κ2) is 4.46. The van der Waals surface area contributed by atoms with Crippen LogP contribution in [0.15, 0.2) is 12.3 Å². The second-order valence-electron chi connectivity index (χ2n) is 4.65. The van der Waals surface area contributed by atoms with Crippen molar-refractivity contribution in [3.05, 3.63) is 22.6 Å². The molecule has 1 unspecified atom stereocenters. The predicted molar refractivity (Wildman–Crippen MR) is 75.1 cm³/mol. The molecule has 0 saturated carbocycles. The minimum Gasteiger partial charge on any atom is -0.329 e. The van der Waals surface area contributed by atoms with Crippen molar-refractivity contribution in [2.45, 2.75) is 19.9 Å². The Bertz CT molecular complexity index is 593. The zero-order valence-electron chi connectivity index (χ0n) is 9.77. The molecule has 1 atom stereocenters. The quantitative estimate of drug-likeness (QED) is 0.847. The maximum absolute atomic E-state index is 5.39. The second-order valence-corrected chi connectivity index (χ2v) is 6.19. The summed E-state index contributed by atoms with van der Waals surface area (Å²) >= 11 is 7.43. The maximum atomic E-state index is 5.39. The molecule has 90 valence electrons. The van der Waals surface area contributed by atoms with E-state index in [4.69, 9.17) is 12.2 Å². The number of aryl methyl sites for hydroxylation is 1. The Labute approximate surface area is 110 Å². The van der Waals surface area contributed by atoms with E-state index in [1.165, 1.54) is 17.9 Å². The SMILES string of the molecule is Cc1cnc2c(c1)[nH]c(=S)n2CC1CCSC1. The van der Waals surface area contributed by atoms with Crippen molar-refractivity contribution in [1.29, 1.82) is 0 Å². The molecule has 1 aliphatic heterocycles. The van der Waals surface area contributed by atoms with E-state index in [-0.39, 0.29) is 0 Å². The molecule has 0 bridgehead atoms. The van der Waals surface area contributed by atoms with E-state index in [1.807, 2.05) is 24.9 Å². The molecule has 1 fully saturated rings. The van der Waals surface area contributed by atoms with E-state index in [0.717, 1.165) is 34.0 Å². The van der Waals surface area contributed by atoms with Gasteiger partial charge < -0.3 is 9.55 Å². The number of hydrogen-bond donors (Lipinski definition) is 1. The van der Waals surface area contributed by atoms with Crippen LogP contribution >= 0.6 is 24.0 Å². The fourth-order valence-electron chi connectivity index (χ4n) is 2.30. The van der Waals surface area contributed by atoms with Crippen LogP contribution < -0.4 is 0 Å². The van der Waals surface area contributed by atoms with Gasteiger partial charge in [0.15, 0.2) is 10.4 Å². The summed E-state index contributed by atoms with van der Waals surface area (Å²) in [6.07, 6.45) is 3.20. The first-order valence-corrected chi connectivity index (χ1v) is 7.43. The lowest BCUT2D eigenvalue weighted by Gasteiger charge is -2.09. The van der Waals surface area contributed by atoms with Gasteiger partial charge in [0.2, 0.25) is 0 Å². The minimum absolute atomic E-state index is 0.744. The normalized spacial score (nSPS) is 20.2.